The Morgan fingerprint density at radius 1 is 1.27 bits per heavy atom. The number of nitrogens with one attached hydrogen (secondary N) is 1. The van der Waals surface area contributed by atoms with Gasteiger partial charge in [0.2, 0.25) is 0 Å². The van der Waals surface area contributed by atoms with E-state index in [2.05, 4.69) is 30.2 Å². The third-order valence-electron chi connectivity index (χ3n) is 4.21. The van der Waals surface area contributed by atoms with E-state index < -0.39 is 0 Å². The van der Waals surface area contributed by atoms with Gasteiger partial charge in [0.1, 0.15) is 23.2 Å². The molecule has 3 rings (SSSR count). The molecule has 2 aromatic rings. The van der Waals surface area contributed by atoms with Gasteiger partial charge in [0.05, 0.1) is 12.8 Å². The van der Waals surface area contributed by atoms with E-state index >= 15 is 0 Å². The van der Waals surface area contributed by atoms with Crippen LogP contribution in [-0.2, 0) is 0 Å². The zero-order chi connectivity index (χ0) is 18.5. The van der Waals surface area contributed by atoms with Crippen LogP contribution in [0, 0.1) is 17.2 Å². The van der Waals surface area contributed by atoms with Gasteiger partial charge in [-0.25, -0.2) is 9.97 Å². The molecule has 1 aliphatic rings. The third-order valence-corrected chi connectivity index (χ3v) is 5.09. The standard InChI is InChI=1S/C20H24N4OS/c1-13(2)10-11-26-20-23-18(14-4-8-16(25-3)9-5-14)17(12-21)19(24-20)22-15-6-7-15/h4-5,8-9,13,15H,6-7,10-11H2,1-3H3,(H,22,23,24). The fourth-order valence-corrected chi connectivity index (χ4v) is 3.56. The van der Waals surface area contributed by atoms with Gasteiger partial charge in [-0.2, -0.15) is 5.26 Å². The van der Waals surface area contributed by atoms with Crippen LogP contribution in [0.4, 0.5) is 5.82 Å². The summed E-state index contributed by atoms with van der Waals surface area (Å²) in [5.41, 5.74) is 2.09. The predicted molar refractivity (Wildman–Crippen MR) is 106 cm³/mol. The van der Waals surface area contributed by atoms with Crippen LogP contribution >= 0.6 is 11.8 Å². The summed E-state index contributed by atoms with van der Waals surface area (Å²) < 4.78 is 5.23. The number of ether oxygens (including phenoxy) is 1. The van der Waals surface area contributed by atoms with Crippen LogP contribution in [0.25, 0.3) is 11.3 Å². The first-order valence-electron chi connectivity index (χ1n) is 8.96. The molecule has 0 atom stereocenters. The van der Waals surface area contributed by atoms with Crippen LogP contribution in [0.5, 0.6) is 5.75 Å². The minimum Gasteiger partial charge on any atom is -0.497 e. The molecule has 0 bridgehead atoms. The summed E-state index contributed by atoms with van der Waals surface area (Å²) in [6.07, 6.45) is 3.36. The second-order valence-corrected chi connectivity index (χ2v) is 7.93. The molecular formula is C20H24N4OS. The van der Waals surface area contributed by atoms with Crippen LogP contribution in [0.1, 0.15) is 38.7 Å². The highest BCUT2D eigenvalue weighted by molar-refractivity contribution is 7.99. The van der Waals surface area contributed by atoms with E-state index in [1.807, 2.05) is 24.3 Å². The van der Waals surface area contributed by atoms with Crippen molar-refractivity contribution in [3.63, 3.8) is 0 Å². The largest absolute Gasteiger partial charge is 0.497 e. The molecule has 0 unspecified atom stereocenters. The molecule has 1 fully saturated rings. The number of benzene rings is 1. The van der Waals surface area contributed by atoms with Crippen molar-refractivity contribution in [1.29, 1.82) is 5.26 Å². The lowest BCUT2D eigenvalue weighted by atomic mass is 10.1. The van der Waals surface area contributed by atoms with Crippen molar-refractivity contribution in [2.75, 3.05) is 18.2 Å². The number of anilines is 1. The van der Waals surface area contributed by atoms with Gasteiger partial charge in [0, 0.05) is 17.4 Å². The summed E-state index contributed by atoms with van der Waals surface area (Å²) in [6.45, 7) is 4.42. The number of thioether (sulfide) groups is 1. The molecule has 0 radical (unpaired) electrons. The lowest BCUT2D eigenvalue weighted by Gasteiger charge is -2.13. The van der Waals surface area contributed by atoms with Gasteiger partial charge in [-0.15, -0.1) is 0 Å². The lowest BCUT2D eigenvalue weighted by molar-refractivity contribution is 0.415. The van der Waals surface area contributed by atoms with E-state index in [1.54, 1.807) is 18.9 Å². The third kappa shape index (κ3) is 4.67. The van der Waals surface area contributed by atoms with Crippen molar-refractivity contribution in [2.45, 2.75) is 44.3 Å². The number of hydrogen-bond donors (Lipinski definition) is 1. The molecule has 1 N–H and O–H groups in total. The smallest absolute Gasteiger partial charge is 0.190 e. The zero-order valence-electron chi connectivity index (χ0n) is 15.5. The molecule has 0 aliphatic heterocycles. The van der Waals surface area contributed by atoms with Crippen LogP contribution in [0.3, 0.4) is 0 Å². The van der Waals surface area contributed by atoms with Crippen molar-refractivity contribution in [3.8, 4) is 23.1 Å². The topological polar surface area (TPSA) is 70.8 Å². The van der Waals surface area contributed by atoms with E-state index in [0.717, 1.165) is 41.5 Å². The molecular weight excluding hydrogens is 344 g/mol. The van der Waals surface area contributed by atoms with Crippen LogP contribution in [0.2, 0.25) is 0 Å². The molecule has 1 aromatic carbocycles. The highest BCUT2D eigenvalue weighted by atomic mass is 32.2. The molecule has 5 nitrogen and oxygen atoms in total. The Labute approximate surface area is 159 Å². The molecule has 1 aliphatic carbocycles. The van der Waals surface area contributed by atoms with Gasteiger partial charge in [-0.1, -0.05) is 25.6 Å². The highest BCUT2D eigenvalue weighted by Gasteiger charge is 2.25. The van der Waals surface area contributed by atoms with Crippen LogP contribution in [-0.4, -0.2) is 28.9 Å². The number of nitriles is 1. The highest BCUT2D eigenvalue weighted by Crippen LogP contribution is 2.33. The SMILES string of the molecule is COc1ccc(-c2nc(SCCC(C)C)nc(NC3CC3)c2C#N)cc1. The van der Waals surface area contributed by atoms with Crippen LogP contribution < -0.4 is 10.1 Å². The molecule has 136 valence electrons. The van der Waals surface area contributed by atoms with Crippen LogP contribution in [0.15, 0.2) is 29.4 Å². The second-order valence-electron chi connectivity index (χ2n) is 6.87. The van der Waals surface area contributed by atoms with E-state index in [1.165, 1.54) is 0 Å². The van der Waals surface area contributed by atoms with E-state index in [4.69, 9.17) is 9.72 Å². The average molecular weight is 369 g/mol. The Kier molecular flexibility index (Phi) is 6.00. The molecule has 1 aromatic heterocycles. The van der Waals surface area contributed by atoms with Gasteiger partial charge in [-0.05, 0) is 49.4 Å². The normalized spacial score (nSPS) is 13.5. The summed E-state index contributed by atoms with van der Waals surface area (Å²) in [4.78, 5) is 9.34. The zero-order valence-corrected chi connectivity index (χ0v) is 16.3. The quantitative estimate of drug-likeness (QED) is 0.536. The minimum atomic E-state index is 0.425. The molecule has 26 heavy (non-hydrogen) atoms. The van der Waals surface area contributed by atoms with Gasteiger partial charge < -0.3 is 10.1 Å². The summed E-state index contributed by atoms with van der Waals surface area (Å²) in [5.74, 6) is 3.05. The number of hydrogen-bond acceptors (Lipinski definition) is 6. The molecule has 1 saturated carbocycles. The summed E-state index contributed by atoms with van der Waals surface area (Å²) >= 11 is 1.65. The lowest BCUT2D eigenvalue weighted by Crippen LogP contribution is -2.09. The number of methoxy groups -OCH3 is 1. The maximum Gasteiger partial charge on any atom is 0.190 e. The van der Waals surface area contributed by atoms with Crippen molar-refractivity contribution in [3.05, 3.63) is 29.8 Å². The van der Waals surface area contributed by atoms with E-state index in [-0.39, 0.29) is 0 Å². The molecule has 0 amide bonds. The first-order valence-corrected chi connectivity index (χ1v) is 9.95. The first kappa shape index (κ1) is 18.5. The van der Waals surface area contributed by atoms with Gasteiger partial charge in [0.25, 0.3) is 0 Å². The summed E-state index contributed by atoms with van der Waals surface area (Å²) in [6, 6.07) is 10.4. The van der Waals surface area contributed by atoms with E-state index in [0.29, 0.717) is 29.0 Å². The molecule has 0 spiro atoms. The van der Waals surface area contributed by atoms with Crippen molar-refractivity contribution < 1.29 is 4.74 Å². The van der Waals surface area contributed by atoms with Gasteiger partial charge in [-0.3, -0.25) is 0 Å². The molecule has 1 heterocycles. The van der Waals surface area contributed by atoms with Crippen molar-refractivity contribution in [1.82, 2.24) is 9.97 Å². The van der Waals surface area contributed by atoms with Crippen molar-refractivity contribution >= 4 is 17.6 Å². The monoisotopic (exact) mass is 368 g/mol. The number of nitrogens with zero attached hydrogens (tertiary/aromatic N) is 3. The number of aromatic nitrogens is 2. The average Bonchev–Trinajstić information content (AvgIpc) is 3.45. The summed E-state index contributed by atoms with van der Waals surface area (Å²) in [7, 11) is 1.64. The van der Waals surface area contributed by atoms with E-state index in [9.17, 15) is 5.26 Å². The second kappa shape index (κ2) is 8.41. The first-order chi connectivity index (χ1) is 12.6. The predicted octanol–water partition coefficient (Wildman–Crippen LogP) is 4.74. The maximum atomic E-state index is 9.73. The summed E-state index contributed by atoms with van der Waals surface area (Å²) in [5, 5.41) is 13.8. The Bertz CT molecular complexity index is 795. The fraction of sp³-hybridized carbons (Fsp3) is 0.450. The van der Waals surface area contributed by atoms with Crippen molar-refractivity contribution in [2.24, 2.45) is 5.92 Å². The molecule has 6 heteroatoms. The minimum absolute atomic E-state index is 0.425. The number of rotatable bonds is 8. The molecule has 0 saturated heterocycles. The Balaban J connectivity index is 1.96. The fourth-order valence-electron chi connectivity index (χ4n) is 2.48. The Morgan fingerprint density at radius 3 is 2.58 bits per heavy atom. The Morgan fingerprint density at radius 2 is 2.00 bits per heavy atom. The maximum absolute atomic E-state index is 9.73. The van der Waals surface area contributed by atoms with Gasteiger partial charge in [0.15, 0.2) is 5.16 Å². The van der Waals surface area contributed by atoms with Gasteiger partial charge >= 0.3 is 0 Å². The Hall–Kier alpha value is -2.26.